The van der Waals surface area contributed by atoms with E-state index in [9.17, 15) is 24.5 Å². The van der Waals surface area contributed by atoms with Gasteiger partial charge >= 0.3 is 18.0 Å². The smallest absolute Gasteiger partial charge is 0.410 e. The first kappa shape index (κ1) is 28.8. The molecule has 1 N–H and O–H groups in total. The predicted molar refractivity (Wildman–Crippen MR) is 131 cm³/mol. The number of nitro groups is 1. The number of likely N-dealkylation sites (tertiary alicyclic amines) is 1. The molecule has 11 nitrogen and oxygen atoms in total. The third-order valence-corrected chi connectivity index (χ3v) is 5.52. The zero-order valence-electron chi connectivity index (χ0n) is 21.3. The van der Waals surface area contributed by atoms with E-state index >= 15 is 0 Å². The van der Waals surface area contributed by atoms with Gasteiger partial charge in [0.2, 0.25) is 0 Å². The molecule has 0 radical (unpaired) electrons. The van der Waals surface area contributed by atoms with Crippen molar-refractivity contribution in [3.05, 3.63) is 52.1 Å². The Kier molecular flexibility index (Phi) is 10.4. The normalized spacial score (nSPS) is 15.1. The summed E-state index contributed by atoms with van der Waals surface area (Å²) in [7, 11) is 0. The quantitative estimate of drug-likeness (QED) is 0.167. The minimum Gasteiger partial charge on any atom is -0.458 e. The molecule has 1 atom stereocenters. The van der Waals surface area contributed by atoms with Gasteiger partial charge in [0.05, 0.1) is 16.4 Å². The number of hydrogen-bond donors (Lipinski definition) is 1. The van der Waals surface area contributed by atoms with Gasteiger partial charge in [0.15, 0.2) is 0 Å². The molecule has 1 unspecified atom stereocenters. The highest BCUT2D eigenvalue weighted by atomic mass is 16.6. The van der Waals surface area contributed by atoms with Crippen LogP contribution >= 0.6 is 0 Å². The van der Waals surface area contributed by atoms with E-state index in [-0.39, 0.29) is 43.1 Å². The maximum absolute atomic E-state index is 12.8. The highest BCUT2D eigenvalue weighted by Crippen LogP contribution is 2.22. The third-order valence-electron chi connectivity index (χ3n) is 5.52. The van der Waals surface area contributed by atoms with Crippen LogP contribution in [-0.2, 0) is 30.4 Å². The summed E-state index contributed by atoms with van der Waals surface area (Å²) in [4.78, 5) is 49.1. The summed E-state index contributed by atoms with van der Waals surface area (Å²) >= 11 is 0. The van der Waals surface area contributed by atoms with E-state index in [0.29, 0.717) is 24.9 Å². The second kappa shape index (κ2) is 13.0. The average Bonchev–Trinajstić information content (AvgIpc) is 2.83. The molecule has 2 rings (SSSR count). The minimum absolute atomic E-state index is 0.0999. The van der Waals surface area contributed by atoms with Gasteiger partial charge in [-0.3, -0.25) is 14.9 Å². The first-order chi connectivity index (χ1) is 16.9. The molecule has 198 valence electrons. The Morgan fingerprint density at radius 1 is 1.19 bits per heavy atom. The maximum atomic E-state index is 12.8. The summed E-state index contributed by atoms with van der Waals surface area (Å²) in [5, 5.41) is 14.4. The monoisotopic (exact) mass is 505 g/mol. The fraction of sp³-hybridized carbons (Fsp3) is 0.560. The highest BCUT2D eigenvalue weighted by Gasteiger charge is 2.31. The second-order valence-electron chi connectivity index (χ2n) is 9.77. The van der Waals surface area contributed by atoms with E-state index in [1.165, 1.54) is 24.0 Å². The molecule has 0 aliphatic carbocycles. The molecule has 1 aliphatic rings. The summed E-state index contributed by atoms with van der Waals surface area (Å²) in [6.45, 7) is 11.5. The molecule has 1 aromatic rings. The van der Waals surface area contributed by atoms with Gasteiger partial charge in [0.25, 0.3) is 5.69 Å². The van der Waals surface area contributed by atoms with Crippen LogP contribution in [0, 0.1) is 16.0 Å². The molecular formula is C25H35N3O8. The number of carbonyl (C=O) groups is 3. The number of carbonyl (C=O) groups excluding carboxylic acids is 3. The third kappa shape index (κ3) is 9.29. The van der Waals surface area contributed by atoms with Crippen LogP contribution in [0.5, 0.6) is 0 Å². The Morgan fingerprint density at radius 2 is 1.83 bits per heavy atom. The van der Waals surface area contributed by atoms with E-state index in [0.717, 1.165) is 0 Å². The lowest BCUT2D eigenvalue weighted by molar-refractivity contribution is -0.385. The van der Waals surface area contributed by atoms with Crippen molar-refractivity contribution in [2.75, 3.05) is 26.2 Å². The van der Waals surface area contributed by atoms with Crippen LogP contribution in [0.4, 0.5) is 10.5 Å². The fourth-order valence-corrected chi connectivity index (χ4v) is 3.45. The Morgan fingerprint density at radius 3 is 2.42 bits per heavy atom. The van der Waals surface area contributed by atoms with E-state index in [2.05, 4.69) is 11.9 Å². The van der Waals surface area contributed by atoms with Gasteiger partial charge in [-0.25, -0.2) is 9.59 Å². The van der Waals surface area contributed by atoms with Crippen LogP contribution in [-0.4, -0.2) is 65.7 Å². The standard InChI is InChI=1S/C25H35N3O8/c1-17(2)22(29)34-16-20(14-26-25(3,4)5)36-23(30)18-10-12-27(13-11-18)24(31)35-15-19-8-6-7-9-21(19)28(32)33/h6-9,18,20,26H,1,10-16H2,2-5H3. The number of hydrogen-bond acceptors (Lipinski definition) is 9. The van der Waals surface area contributed by atoms with Crippen molar-refractivity contribution in [1.82, 2.24) is 10.2 Å². The number of para-hydroxylation sites is 1. The van der Waals surface area contributed by atoms with Gasteiger partial charge in [-0.1, -0.05) is 18.7 Å². The average molecular weight is 506 g/mol. The Balaban J connectivity index is 1.86. The maximum Gasteiger partial charge on any atom is 0.410 e. The van der Waals surface area contributed by atoms with Gasteiger partial charge in [-0.2, -0.15) is 0 Å². The summed E-state index contributed by atoms with van der Waals surface area (Å²) in [5.74, 6) is -1.40. The molecule has 0 spiro atoms. The summed E-state index contributed by atoms with van der Waals surface area (Å²) < 4.78 is 16.1. The number of nitro benzene ring substituents is 1. The lowest BCUT2D eigenvalue weighted by atomic mass is 9.97. The van der Waals surface area contributed by atoms with Crippen molar-refractivity contribution in [3.63, 3.8) is 0 Å². The van der Waals surface area contributed by atoms with Crippen molar-refractivity contribution in [2.45, 2.75) is 58.8 Å². The lowest BCUT2D eigenvalue weighted by Crippen LogP contribution is -2.45. The zero-order valence-corrected chi connectivity index (χ0v) is 21.3. The van der Waals surface area contributed by atoms with Crippen molar-refractivity contribution in [1.29, 1.82) is 0 Å². The van der Waals surface area contributed by atoms with E-state index in [1.54, 1.807) is 12.1 Å². The fourth-order valence-electron chi connectivity index (χ4n) is 3.45. The first-order valence-corrected chi connectivity index (χ1v) is 11.8. The summed E-state index contributed by atoms with van der Waals surface area (Å²) in [5.41, 5.74) is 0.215. The number of esters is 2. The molecule has 1 aliphatic heterocycles. The van der Waals surface area contributed by atoms with E-state index < -0.39 is 35.0 Å². The van der Waals surface area contributed by atoms with Crippen LogP contribution < -0.4 is 5.32 Å². The summed E-state index contributed by atoms with van der Waals surface area (Å²) in [6, 6.07) is 6.06. The topological polar surface area (TPSA) is 137 Å². The van der Waals surface area contributed by atoms with Crippen molar-refractivity contribution in [2.24, 2.45) is 5.92 Å². The second-order valence-corrected chi connectivity index (χ2v) is 9.77. The molecule has 0 bridgehead atoms. The Bertz CT molecular complexity index is 964. The van der Waals surface area contributed by atoms with Gasteiger partial charge in [0, 0.05) is 36.8 Å². The molecule has 11 heteroatoms. The molecular weight excluding hydrogens is 470 g/mol. The summed E-state index contributed by atoms with van der Waals surface area (Å²) in [6.07, 6.45) is -0.516. The van der Waals surface area contributed by atoms with Gasteiger partial charge in [-0.15, -0.1) is 0 Å². The Labute approximate surface area is 210 Å². The number of nitrogens with zero attached hydrogens (tertiary/aromatic N) is 2. The molecule has 1 fully saturated rings. The van der Waals surface area contributed by atoms with Gasteiger partial charge in [0.1, 0.15) is 19.3 Å². The molecule has 1 heterocycles. The number of amides is 1. The number of piperidine rings is 1. The minimum atomic E-state index is -0.676. The molecule has 1 saturated heterocycles. The SMILES string of the molecule is C=C(C)C(=O)OCC(CNC(C)(C)C)OC(=O)C1CCN(C(=O)OCc2ccccc2[N+](=O)[O-])CC1. The molecule has 36 heavy (non-hydrogen) atoms. The van der Waals surface area contributed by atoms with Crippen molar-refractivity contribution >= 4 is 23.7 Å². The molecule has 1 aromatic carbocycles. The predicted octanol–water partition coefficient (Wildman–Crippen LogP) is 3.36. The number of benzene rings is 1. The van der Waals surface area contributed by atoms with E-state index in [4.69, 9.17) is 14.2 Å². The highest BCUT2D eigenvalue weighted by molar-refractivity contribution is 5.86. The number of rotatable bonds is 10. The zero-order chi connectivity index (χ0) is 26.9. The Hall–Kier alpha value is -3.47. The van der Waals surface area contributed by atoms with Crippen LogP contribution in [0.15, 0.2) is 36.4 Å². The molecule has 1 amide bonds. The van der Waals surface area contributed by atoms with Crippen LogP contribution in [0.3, 0.4) is 0 Å². The van der Waals surface area contributed by atoms with Gasteiger partial charge < -0.3 is 24.4 Å². The van der Waals surface area contributed by atoms with Gasteiger partial charge in [-0.05, 0) is 46.6 Å². The van der Waals surface area contributed by atoms with E-state index in [1.807, 2.05) is 20.8 Å². The number of nitrogens with one attached hydrogen (secondary N) is 1. The first-order valence-electron chi connectivity index (χ1n) is 11.8. The van der Waals surface area contributed by atoms with Crippen LogP contribution in [0.1, 0.15) is 46.1 Å². The number of ether oxygens (including phenoxy) is 3. The van der Waals surface area contributed by atoms with Crippen LogP contribution in [0.25, 0.3) is 0 Å². The van der Waals surface area contributed by atoms with Crippen molar-refractivity contribution in [3.8, 4) is 0 Å². The molecule has 0 saturated carbocycles. The largest absolute Gasteiger partial charge is 0.458 e. The molecule has 0 aromatic heterocycles. The lowest BCUT2D eigenvalue weighted by Gasteiger charge is -2.31. The van der Waals surface area contributed by atoms with Crippen LogP contribution in [0.2, 0.25) is 0 Å². The van der Waals surface area contributed by atoms with Crippen molar-refractivity contribution < 1.29 is 33.5 Å².